The fraction of sp³-hybridized carbons (Fsp3) is 0.348. The van der Waals surface area contributed by atoms with Crippen LogP contribution >= 0.6 is 0 Å². The van der Waals surface area contributed by atoms with Crippen LogP contribution in [0.5, 0.6) is 34.5 Å². The Morgan fingerprint density at radius 2 is 1.57 bits per heavy atom. The van der Waals surface area contributed by atoms with E-state index in [4.69, 9.17) is 23.4 Å². The maximum Gasteiger partial charge on any atom is 0.239 e. The summed E-state index contributed by atoms with van der Waals surface area (Å²) in [6.07, 6.45) is -7.37. The fourth-order valence-electron chi connectivity index (χ4n) is 3.84. The monoisotopic (exact) mass is 492 g/mol. The summed E-state index contributed by atoms with van der Waals surface area (Å²) in [5, 5.41) is 60.6. The second kappa shape index (κ2) is 9.15. The van der Waals surface area contributed by atoms with Crippen LogP contribution in [0.15, 0.2) is 33.5 Å². The molecule has 0 amide bonds. The van der Waals surface area contributed by atoms with Crippen LogP contribution in [-0.2, 0) is 4.74 Å². The van der Waals surface area contributed by atoms with Crippen molar-refractivity contribution in [1.82, 2.24) is 0 Å². The molecule has 35 heavy (non-hydrogen) atoms. The zero-order valence-corrected chi connectivity index (χ0v) is 18.8. The quantitative estimate of drug-likeness (QED) is 0.294. The lowest BCUT2D eigenvalue weighted by Gasteiger charge is -2.38. The summed E-state index contributed by atoms with van der Waals surface area (Å²) >= 11 is 0. The molecule has 4 rings (SSSR count). The Morgan fingerprint density at radius 3 is 2.23 bits per heavy atom. The van der Waals surface area contributed by atoms with Crippen molar-refractivity contribution in [3.63, 3.8) is 0 Å². The number of aromatic hydroxyl groups is 3. The molecule has 0 aliphatic carbocycles. The van der Waals surface area contributed by atoms with Crippen molar-refractivity contribution < 1.29 is 54.0 Å². The van der Waals surface area contributed by atoms with Crippen molar-refractivity contribution in [2.24, 2.45) is 0 Å². The van der Waals surface area contributed by atoms with Gasteiger partial charge in [-0.3, -0.25) is 4.79 Å². The van der Waals surface area contributed by atoms with E-state index in [0.717, 1.165) is 6.07 Å². The standard InChI is InChI=1S/C23H24O12/c1-8-15(27)17(29)18(30)23(33-8)35-22-16(28)14-11(25)7-12(26)20(32-3)21(14)34-19(22)9-4-5-10(24)13(6-9)31-2/h4-8,15,17-18,23-27,29-30H,1-3H3/t8-,15+,17-,18-,23+/m0/s1. The number of aliphatic hydroxyl groups excluding tert-OH is 3. The molecule has 188 valence electrons. The molecule has 1 aliphatic rings. The molecule has 0 bridgehead atoms. The number of fused-ring (bicyclic) bond motifs is 1. The van der Waals surface area contributed by atoms with Gasteiger partial charge in [0, 0.05) is 11.6 Å². The van der Waals surface area contributed by atoms with E-state index < -0.39 is 58.8 Å². The van der Waals surface area contributed by atoms with Gasteiger partial charge in [0.05, 0.1) is 20.3 Å². The van der Waals surface area contributed by atoms with Crippen molar-refractivity contribution in [1.29, 1.82) is 0 Å². The number of rotatable bonds is 5. The van der Waals surface area contributed by atoms with Crippen molar-refractivity contribution >= 4 is 11.0 Å². The molecule has 1 aliphatic heterocycles. The average molecular weight is 492 g/mol. The lowest BCUT2D eigenvalue weighted by atomic mass is 10.00. The van der Waals surface area contributed by atoms with Crippen LogP contribution in [0.25, 0.3) is 22.3 Å². The van der Waals surface area contributed by atoms with Crippen LogP contribution in [0.1, 0.15) is 6.92 Å². The molecule has 0 radical (unpaired) electrons. The van der Waals surface area contributed by atoms with E-state index in [0.29, 0.717) is 0 Å². The van der Waals surface area contributed by atoms with Crippen LogP contribution in [0.3, 0.4) is 0 Å². The van der Waals surface area contributed by atoms with Crippen LogP contribution in [0, 0.1) is 0 Å². The third-order valence-corrected chi connectivity index (χ3v) is 5.73. The first-order chi connectivity index (χ1) is 16.6. The number of ether oxygens (including phenoxy) is 4. The van der Waals surface area contributed by atoms with Gasteiger partial charge in [0.25, 0.3) is 0 Å². The first-order valence-corrected chi connectivity index (χ1v) is 10.4. The predicted molar refractivity (Wildman–Crippen MR) is 119 cm³/mol. The Balaban J connectivity index is 1.99. The van der Waals surface area contributed by atoms with Crippen molar-refractivity contribution in [2.75, 3.05) is 14.2 Å². The van der Waals surface area contributed by atoms with Gasteiger partial charge < -0.3 is 54.0 Å². The fourth-order valence-corrected chi connectivity index (χ4v) is 3.84. The molecule has 3 aromatic rings. The molecule has 12 heteroatoms. The topological polar surface area (TPSA) is 189 Å². The van der Waals surface area contributed by atoms with Gasteiger partial charge >= 0.3 is 0 Å². The van der Waals surface area contributed by atoms with E-state index in [9.17, 15) is 35.4 Å². The second-order valence-electron chi connectivity index (χ2n) is 7.93. The summed E-state index contributed by atoms with van der Waals surface area (Å²) < 4.78 is 27.3. The zero-order chi connectivity index (χ0) is 25.6. The van der Waals surface area contributed by atoms with Crippen LogP contribution < -0.4 is 19.6 Å². The summed E-state index contributed by atoms with van der Waals surface area (Å²) in [5.74, 6) is -2.34. The lowest BCUT2D eigenvalue weighted by Crippen LogP contribution is -2.58. The minimum Gasteiger partial charge on any atom is -0.507 e. The number of methoxy groups -OCH3 is 2. The SMILES string of the molecule is COc1cc(-c2oc3c(OC)c(O)cc(O)c3c(=O)c2O[C@H]2O[C@@H](C)[C@@H](O)[C@H](O)[C@@H]2O)ccc1O. The van der Waals surface area contributed by atoms with Gasteiger partial charge in [0.1, 0.15) is 29.4 Å². The first kappa shape index (κ1) is 24.4. The number of hydrogen-bond donors (Lipinski definition) is 6. The van der Waals surface area contributed by atoms with Gasteiger partial charge in [-0.25, -0.2) is 0 Å². The third kappa shape index (κ3) is 4.06. The van der Waals surface area contributed by atoms with E-state index in [1.165, 1.54) is 39.3 Å². The molecule has 0 saturated carbocycles. The van der Waals surface area contributed by atoms with Gasteiger partial charge in [-0.2, -0.15) is 0 Å². The molecule has 1 aromatic heterocycles. The maximum absolute atomic E-state index is 13.5. The highest BCUT2D eigenvalue weighted by molar-refractivity contribution is 5.93. The number of aliphatic hydroxyl groups is 3. The van der Waals surface area contributed by atoms with Crippen molar-refractivity contribution in [2.45, 2.75) is 37.6 Å². The summed E-state index contributed by atoms with van der Waals surface area (Å²) in [6, 6.07) is 4.87. The van der Waals surface area contributed by atoms with Gasteiger partial charge in [-0.05, 0) is 25.1 Å². The number of benzene rings is 2. The van der Waals surface area contributed by atoms with E-state index in [-0.39, 0.29) is 34.2 Å². The molecular formula is C23H24O12. The Labute approximate surface area is 197 Å². The smallest absolute Gasteiger partial charge is 0.239 e. The van der Waals surface area contributed by atoms with Gasteiger partial charge in [0.2, 0.25) is 23.2 Å². The van der Waals surface area contributed by atoms with E-state index in [2.05, 4.69) is 0 Å². The second-order valence-corrected chi connectivity index (χ2v) is 7.93. The molecule has 1 fully saturated rings. The third-order valence-electron chi connectivity index (χ3n) is 5.73. The number of phenolic OH excluding ortho intramolecular Hbond substituents is 3. The van der Waals surface area contributed by atoms with Crippen molar-refractivity contribution in [3.8, 4) is 45.8 Å². The molecule has 2 heterocycles. The number of hydrogen-bond acceptors (Lipinski definition) is 12. The summed E-state index contributed by atoms with van der Waals surface area (Å²) in [4.78, 5) is 13.5. The molecule has 5 atom stereocenters. The summed E-state index contributed by atoms with van der Waals surface area (Å²) in [7, 11) is 2.53. The van der Waals surface area contributed by atoms with Crippen LogP contribution in [0.2, 0.25) is 0 Å². The minimum absolute atomic E-state index is 0.0306. The van der Waals surface area contributed by atoms with Crippen molar-refractivity contribution in [3.05, 3.63) is 34.5 Å². The molecular weight excluding hydrogens is 468 g/mol. The largest absolute Gasteiger partial charge is 0.507 e. The molecule has 0 unspecified atom stereocenters. The Kier molecular flexibility index (Phi) is 6.38. The Morgan fingerprint density at radius 1 is 0.857 bits per heavy atom. The summed E-state index contributed by atoms with van der Waals surface area (Å²) in [6.45, 7) is 1.43. The molecule has 0 spiro atoms. The van der Waals surface area contributed by atoms with Gasteiger partial charge in [-0.1, -0.05) is 0 Å². The highest BCUT2D eigenvalue weighted by Crippen LogP contribution is 2.44. The van der Waals surface area contributed by atoms with E-state index in [1.54, 1.807) is 0 Å². The average Bonchev–Trinajstić information content (AvgIpc) is 2.82. The minimum atomic E-state index is -1.75. The first-order valence-electron chi connectivity index (χ1n) is 10.4. The summed E-state index contributed by atoms with van der Waals surface area (Å²) in [5.41, 5.74) is -1.07. The lowest BCUT2D eigenvalue weighted by molar-refractivity contribution is -0.268. The molecule has 1 saturated heterocycles. The Bertz CT molecular complexity index is 1320. The van der Waals surface area contributed by atoms with E-state index >= 15 is 0 Å². The van der Waals surface area contributed by atoms with Crippen LogP contribution in [0.4, 0.5) is 0 Å². The molecule has 2 aromatic carbocycles. The maximum atomic E-state index is 13.5. The highest BCUT2D eigenvalue weighted by Gasteiger charge is 2.44. The Hall–Kier alpha value is -3.71. The normalized spacial score (nSPS) is 24.3. The van der Waals surface area contributed by atoms with E-state index in [1.807, 2.05) is 0 Å². The number of phenols is 3. The van der Waals surface area contributed by atoms with Crippen LogP contribution in [-0.4, -0.2) is 75.6 Å². The molecule has 12 nitrogen and oxygen atoms in total. The zero-order valence-electron chi connectivity index (χ0n) is 18.8. The predicted octanol–water partition coefficient (Wildman–Crippen LogP) is 0.800. The molecule has 6 N–H and O–H groups in total. The van der Waals surface area contributed by atoms with Gasteiger partial charge in [0.15, 0.2) is 28.6 Å². The van der Waals surface area contributed by atoms with Gasteiger partial charge in [-0.15, -0.1) is 0 Å². The highest BCUT2D eigenvalue weighted by atomic mass is 16.7.